The third kappa shape index (κ3) is 3.30. The second-order valence-electron chi connectivity index (χ2n) is 12.1. The number of anilines is 1. The van der Waals surface area contributed by atoms with Crippen molar-refractivity contribution in [1.29, 1.82) is 0 Å². The summed E-state index contributed by atoms with van der Waals surface area (Å²) in [5.74, 6) is 3.81. The largest absolute Gasteiger partial charge is 0.455 e. The van der Waals surface area contributed by atoms with Crippen LogP contribution in [0, 0.1) is 29.1 Å². The van der Waals surface area contributed by atoms with Crippen molar-refractivity contribution in [2.45, 2.75) is 44.9 Å². The van der Waals surface area contributed by atoms with Gasteiger partial charge in [0.25, 0.3) is 0 Å². The van der Waals surface area contributed by atoms with Crippen molar-refractivity contribution in [3.05, 3.63) is 90.7 Å². The minimum atomic E-state index is 0.604. The Morgan fingerprint density at radius 1 is 0.750 bits per heavy atom. The maximum Gasteiger partial charge on any atom is 0.143 e. The standard InChI is InChI=1S/C34H33NO/c1-2-7-32-30(4-1)31-6-3-5-29(33(31)36-32)25-8-12-27(13-9-25)35-28-14-10-26(11-15-28)34-19-22-16-23(20-34)18-24(17-22)21-34/h1-10,12-15,22-24,26,35H,11,16-21H2. The van der Waals surface area contributed by atoms with Crippen LogP contribution >= 0.6 is 0 Å². The molecule has 4 saturated carbocycles. The second-order valence-corrected chi connectivity index (χ2v) is 12.1. The van der Waals surface area contributed by atoms with Crippen molar-refractivity contribution in [2.75, 3.05) is 5.32 Å². The van der Waals surface area contributed by atoms with Crippen LogP contribution < -0.4 is 5.32 Å². The van der Waals surface area contributed by atoms with Crippen molar-refractivity contribution in [3.63, 3.8) is 0 Å². The van der Waals surface area contributed by atoms with Crippen LogP contribution in [0.4, 0.5) is 5.69 Å². The van der Waals surface area contributed by atoms with Gasteiger partial charge in [-0.25, -0.2) is 0 Å². The molecule has 1 heterocycles. The second kappa shape index (κ2) is 7.87. The Hall–Kier alpha value is -3.26. The molecule has 2 nitrogen and oxygen atoms in total. The SMILES string of the molecule is C1=CC(C23CC4CC(CC(C4)C2)C3)CC=C1Nc1ccc(-c2cccc3c2oc2ccccc23)cc1. The molecule has 0 saturated heterocycles. The summed E-state index contributed by atoms with van der Waals surface area (Å²) in [5.41, 5.74) is 7.22. The number of para-hydroxylation sites is 2. The molecule has 4 aromatic rings. The first-order chi connectivity index (χ1) is 17.7. The number of furan rings is 1. The van der Waals surface area contributed by atoms with Crippen LogP contribution in [0.5, 0.6) is 0 Å². The van der Waals surface area contributed by atoms with Crippen LogP contribution in [0.2, 0.25) is 0 Å². The van der Waals surface area contributed by atoms with E-state index in [0.717, 1.165) is 46.1 Å². The van der Waals surface area contributed by atoms with Crippen molar-refractivity contribution in [3.8, 4) is 11.1 Å². The Balaban J connectivity index is 1.00. The normalized spacial score (nSPS) is 30.7. The van der Waals surface area contributed by atoms with Crippen molar-refractivity contribution < 1.29 is 4.42 Å². The zero-order valence-corrected chi connectivity index (χ0v) is 20.8. The average Bonchev–Trinajstić information content (AvgIpc) is 3.28. The van der Waals surface area contributed by atoms with Crippen LogP contribution in [0.15, 0.2) is 95.1 Å². The summed E-state index contributed by atoms with van der Waals surface area (Å²) in [7, 11) is 0. The number of hydrogen-bond acceptors (Lipinski definition) is 2. The molecule has 1 atom stereocenters. The van der Waals surface area contributed by atoms with Gasteiger partial charge in [-0.1, -0.05) is 60.7 Å². The lowest BCUT2D eigenvalue weighted by molar-refractivity contribution is -0.0760. The smallest absolute Gasteiger partial charge is 0.143 e. The van der Waals surface area contributed by atoms with Gasteiger partial charge in [0, 0.05) is 27.7 Å². The molecule has 180 valence electrons. The summed E-state index contributed by atoms with van der Waals surface area (Å²) < 4.78 is 6.25. The number of allylic oxidation sites excluding steroid dienone is 3. The number of benzene rings is 3. The Labute approximate surface area is 213 Å². The maximum absolute atomic E-state index is 6.25. The molecule has 1 N–H and O–H groups in total. The highest BCUT2D eigenvalue weighted by Gasteiger charge is 2.53. The van der Waals surface area contributed by atoms with E-state index in [1.165, 1.54) is 67.0 Å². The molecule has 3 aromatic carbocycles. The number of hydrogen-bond donors (Lipinski definition) is 1. The Bertz CT molecular complexity index is 1480. The van der Waals surface area contributed by atoms with Crippen LogP contribution in [0.3, 0.4) is 0 Å². The lowest BCUT2D eigenvalue weighted by Gasteiger charge is -2.59. The molecule has 4 fully saturated rings. The highest BCUT2D eigenvalue weighted by Crippen LogP contribution is 2.63. The molecule has 0 radical (unpaired) electrons. The Morgan fingerprint density at radius 3 is 2.19 bits per heavy atom. The van der Waals surface area contributed by atoms with E-state index in [2.05, 4.69) is 78.1 Å². The third-order valence-electron chi connectivity index (χ3n) is 9.86. The van der Waals surface area contributed by atoms with Crippen LogP contribution in [-0.4, -0.2) is 0 Å². The molecule has 2 heteroatoms. The van der Waals surface area contributed by atoms with Gasteiger partial charge in [-0.2, -0.15) is 0 Å². The van der Waals surface area contributed by atoms with E-state index < -0.39 is 0 Å². The van der Waals surface area contributed by atoms with Crippen LogP contribution in [0.25, 0.3) is 33.1 Å². The first-order valence-corrected chi connectivity index (χ1v) is 13.9. The summed E-state index contributed by atoms with van der Waals surface area (Å²) >= 11 is 0. The first-order valence-electron chi connectivity index (χ1n) is 13.9. The van der Waals surface area contributed by atoms with Gasteiger partial charge in [0.15, 0.2) is 0 Å². The van der Waals surface area contributed by atoms with Gasteiger partial charge in [0.05, 0.1) is 0 Å². The highest BCUT2D eigenvalue weighted by atomic mass is 16.3. The van der Waals surface area contributed by atoms with Gasteiger partial charge in [-0.15, -0.1) is 0 Å². The predicted molar refractivity (Wildman–Crippen MR) is 149 cm³/mol. The fraction of sp³-hybridized carbons (Fsp3) is 0.353. The maximum atomic E-state index is 6.25. The van der Waals surface area contributed by atoms with Gasteiger partial charge in [-0.3, -0.25) is 0 Å². The predicted octanol–water partition coefficient (Wildman–Crippen LogP) is 9.34. The molecule has 0 spiro atoms. The van der Waals surface area contributed by atoms with Gasteiger partial charge in [0.2, 0.25) is 0 Å². The van der Waals surface area contributed by atoms with E-state index in [9.17, 15) is 0 Å². The fourth-order valence-electron chi connectivity index (χ4n) is 8.67. The van der Waals surface area contributed by atoms with Crippen LogP contribution in [0.1, 0.15) is 44.9 Å². The molecule has 5 aliphatic carbocycles. The summed E-state index contributed by atoms with van der Waals surface area (Å²) in [5, 5.41) is 6.02. The van der Waals surface area contributed by atoms with E-state index in [4.69, 9.17) is 4.42 Å². The van der Waals surface area contributed by atoms with Crippen molar-refractivity contribution in [2.24, 2.45) is 29.1 Å². The molecule has 0 amide bonds. The lowest BCUT2D eigenvalue weighted by atomic mass is 9.46. The van der Waals surface area contributed by atoms with E-state index in [1.54, 1.807) is 0 Å². The number of fused-ring (bicyclic) bond motifs is 3. The van der Waals surface area contributed by atoms with E-state index in [-0.39, 0.29) is 0 Å². The summed E-state index contributed by atoms with van der Waals surface area (Å²) in [6, 6.07) is 23.5. The van der Waals surface area contributed by atoms with Gasteiger partial charge in [0.1, 0.15) is 11.2 Å². The molecular formula is C34H33NO. The van der Waals surface area contributed by atoms with Crippen molar-refractivity contribution in [1.82, 2.24) is 0 Å². The van der Waals surface area contributed by atoms with E-state index >= 15 is 0 Å². The minimum Gasteiger partial charge on any atom is -0.455 e. The zero-order valence-electron chi connectivity index (χ0n) is 20.8. The number of rotatable bonds is 4. The molecule has 1 unspecified atom stereocenters. The molecule has 1 aromatic heterocycles. The van der Waals surface area contributed by atoms with Gasteiger partial charge in [-0.05, 0) is 104 Å². The van der Waals surface area contributed by atoms with Gasteiger partial charge < -0.3 is 9.73 Å². The monoisotopic (exact) mass is 471 g/mol. The number of nitrogens with one attached hydrogen (secondary N) is 1. The van der Waals surface area contributed by atoms with E-state index in [1.807, 2.05) is 12.1 Å². The van der Waals surface area contributed by atoms with E-state index in [0.29, 0.717) is 5.41 Å². The molecule has 5 aliphatic rings. The minimum absolute atomic E-state index is 0.604. The highest BCUT2D eigenvalue weighted by molar-refractivity contribution is 6.09. The summed E-state index contributed by atoms with van der Waals surface area (Å²) in [6.45, 7) is 0. The lowest BCUT2D eigenvalue weighted by Crippen LogP contribution is -2.49. The molecule has 0 aliphatic heterocycles. The fourth-order valence-corrected chi connectivity index (χ4v) is 8.67. The molecule has 4 bridgehead atoms. The third-order valence-corrected chi connectivity index (χ3v) is 9.86. The van der Waals surface area contributed by atoms with Crippen molar-refractivity contribution >= 4 is 27.6 Å². The quantitative estimate of drug-likeness (QED) is 0.321. The molecular weight excluding hydrogens is 438 g/mol. The first kappa shape index (κ1) is 20.9. The van der Waals surface area contributed by atoms with Crippen LogP contribution in [-0.2, 0) is 0 Å². The Kier molecular flexibility index (Phi) is 4.56. The topological polar surface area (TPSA) is 25.2 Å². The summed E-state index contributed by atoms with van der Waals surface area (Å²) in [6.07, 6.45) is 17.6. The van der Waals surface area contributed by atoms with Gasteiger partial charge >= 0.3 is 0 Å². The molecule has 36 heavy (non-hydrogen) atoms. The summed E-state index contributed by atoms with van der Waals surface area (Å²) in [4.78, 5) is 0. The molecule has 9 rings (SSSR count). The Morgan fingerprint density at radius 2 is 1.47 bits per heavy atom. The zero-order chi connectivity index (χ0) is 23.7. The average molecular weight is 472 g/mol.